The molecule has 0 amide bonds. The van der Waals surface area contributed by atoms with E-state index in [4.69, 9.17) is 5.14 Å². The van der Waals surface area contributed by atoms with Crippen LogP contribution in [-0.2, 0) is 22.6 Å². The minimum atomic E-state index is -4.44. The van der Waals surface area contributed by atoms with E-state index in [-0.39, 0.29) is 11.3 Å². The average molecular weight is 315 g/mol. The number of rotatable bonds is 3. The molecule has 0 aliphatic rings. The van der Waals surface area contributed by atoms with Gasteiger partial charge in [0.05, 0.1) is 10.5 Å². The first kappa shape index (κ1) is 15.5. The molecule has 0 saturated carbocycles. The van der Waals surface area contributed by atoms with E-state index < -0.39 is 21.8 Å². The smallest absolute Gasteiger partial charge is 0.225 e. The zero-order valence-corrected chi connectivity index (χ0v) is 11.6. The Bertz CT molecular complexity index is 755. The molecule has 112 valence electrons. The molecule has 2 rings (SSSR count). The topological polar surface area (TPSA) is 60.2 Å². The third-order valence-electron chi connectivity index (χ3n) is 2.93. The van der Waals surface area contributed by atoms with Crippen LogP contribution >= 0.6 is 0 Å². The SMILES string of the molecule is NS(=O)(=O)c1ccccc1Cc1cccc(C(F)(F)F)c1. The molecule has 7 heteroatoms. The molecule has 0 aliphatic carbocycles. The molecule has 0 fully saturated rings. The van der Waals surface area contributed by atoms with Gasteiger partial charge < -0.3 is 0 Å². The fourth-order valence-electron chi connectivity index (χ4n) is 2.00. The molecular weight excluding hydrogens is 303 g/mol. The Morgan fingerprint density at radius 1 is 1.00 bits per heavy atom. The Morgan fingerprint density at radius 3 is 2.29 bits per heavy atom. The highest BCUT2D eigenvalue weighted by molar-refractivity contribution is 7.89. The highest BCUT2D eigenvalue weighted by Gasteiger charge is 2.30. The molecule has 0 heterocycles. The number of nitrogens with two attached hydrogens (primary N) is 1. The lowest BCUT2D eigenvalue weighted by molar-refractivity contribution is -0.137. The number of alkyl halides is 3. The summed E-state index contributed by atoms with van der Waals surface area (Å²) < 4.78 is 60.9. The number of sulfonamides is 1. The largest absolute Gasteiger partial charge is 0.416 e. The van der Waals surface area contributed by atoms with Crippen LogP contribution in [0.5, 0.6) is 0 Å². The molecule has 0 atom stereocenters. The molecule has 21 heavy (non-hydrogen) atoms. The van der Waals surface area contributed by atoms with Crippen LogP contribution < -0.4 is 5.14 Å². The Morgan fingerprint density at radius 2 is 1.67 bits per heavy atom. The van der Waals surface area contributed by atoms with Crippen molar-refractivity contribution in [3.8, 4) is 0 Å². The van der Waals surface area contributed by atoms with Gasteiger partial charge in [-0.2, -0.15) is 13.2 Å². The van der Waals surface area contributed by atoms with E-state index in [9.17, 15) is 21.6 Å². The van der Waals surface area contributed by atoms with Gasteiger partial charge in [-0.05, 0) is 29.7 Å². The first-order valence-electron chi connectivity index (χ1n) is 5.95. The fraction of sp³-hybridized carbons (Fsp3) is 0.143. The second-order valence-electron chi connectivity index (χ2n) is 4.53. The van der Waals surface area contributed by atoms with Gasteiger partial charge in [0, 0.05) is 0 Å². The van der Waals surface area contributed by atoms with E-state index in [1.165, 1.54) is 30.3 Å². The van der Waals surface area contributed by atoms with Gasteiger partial charge in [-0.3, -0.25) is 0 Å². The summed E-state index contributed by atoms with van der Waals surface area (Å²) in [6.45, 7) is 0. The van der Waals surface area contributed by atoms with Crippen molar-refractivity contribution in [1.29, 1.82) is 0 Å². The van der Waals surface area contributed by atoms with Crippen LogP contribution in [0.25, 0.3) is 0 Å². The number of hydrogen-bond acceptors (Lipinski definition) is 2. The molecule has 2 N–H and O–H groups in total. The van der Waals surface area contributed by atoms with Gasteiger partial charge in [0.25, 0.3) is 0 Å². The Kier molecular flexibility index (Phi) is 4.06. The minimum absolute atomic E-state index is 0.0521. The maximum Gasteiger partial charge on any atom is 0.416 e. The van der Waals surface area contributed by atoms with Crippen LogP contribution in [0.4, 0.5) is 13.2 Å². The maximum atomic E-state index is 12.7. The monoisotopic (exact) mass is 315 g/mol. The standard InChI is InChI=1S/C14H12F3NO2S/c15-14(16,17)12-6-3-4-10(9-12)8-11-5-1-2-7-13(11)21(18,19)20/h1-7,9H,8H2,(H2,18,19,20). The molecule has 0 aromatic heterocycles. The predicted octanol–water partition coefficient (Wildman–Crippen LogP) is 2.94. The van der Waals surface area contributed by atoms with Gasteiger partial charge in [0.1, 0.15) is 0 Å². The summed E-state index contributed by atoms with van der Waals surface area (Å²) in [5.74, 6) is 0. The molecule has 2 aromatic rings. The second-order valence-corrected chi connectivity index (χ2v) is 6.06. The molecule has 0 aliphatic heterocycles. The summed E-state index contributed by atoms with van der Waals surface area (Å²) in [4.78, 5) is -0.0811. The lowest BCUT2D eigenvalue weighted by Crippen LogP contribution is -2.14. The number of primary sulfonamides is 1. The van der Waals surface area contributed by atoms with Gasteiger partial charge in [0.15, 0.2) is 0 Å². The molecule has 0 bridgehead atoms. The van der Waals surface area contributed by atoms with E-state index >= 15 is 0 Å². The highest BCUT2D eigenvalue weighted by atomic mass is 32.2. The van der Waals surface area contributed by atoms with Crippen LogP contribution in [0.2, 0.25) is 0 Å². The van der Waals surface area contributed by atoms with E-state index in [0.717, 1.165) is 12.1 Å². The van der Waals surface area contributed by atoms with Crippen LogP contribution in [0.1, 0.15) is 16.7 Å². The third-order valence-corrected chi connectivity index (χ3v) is 3.94. The van der Waals surface area contributed by atoms with E-state index in [1.807, 2.05) is 0 Å². The summed E-state index contributed by atoms with van der Waals surface area (Å²) in [5, 5.41) is 5.10. The van der Waals surface area contributed by atoms with E-state index in [1.54, 1.807) is 6.07 Å². The summed E-state index contributed by atoms with van der Waals surface area (Å²) in [7, 11) is -3.91. The molecule has 0 unspecified atom stereocenters. The van der Waals surface area contributed by atoms with Crippen molar-refractivity contribution < 1.29 is 21.6 Å². The molecule has 0 spiro atoms. The quantitative estimate of drug-likeness (QED) is 0.946. The Hall–Kier alpha value is -1.86. The van der Waals surface area contributed by atoms with E-state index in [2.05, 4.69) is 0 Å². The first-order valence-corrected chi connectivity index (χ1v) is 7.49. The summed E-state index contributed by atoms with van der Waals surface area (Å²) >= 11 is 0. The lowest BCUT2D eigenvalue weighted by Gasteiger charge is -2.10. The molecule has 0 saturated heterocycles. The lowest BCUT2D eigenvalue weighted by atomic mass is 10.0. The number of hydrogen-bond donors (Lipinski definition) is 1. The van der Waals surface area contributed by atoms with Crippen molar-refractivity contribution in [3.05, 3.63) is 65.2 Å². The van der Waals surface area contributed by atoms with Gasteiger partial charge in [-0.15, -0.1) is 0 Å². The molecule has 0 radical (unpaired) electrons. The summed E-state index contributed by atoms with van der Waals surface area (Å²) in [6, 6.07) is 10.7. The minimum Gasteiger partial charge on any atom is -0.225 e. The summed E-state index contributed by atoms with van der Waals surface area (Å²) in [6.07, 6.45) is -4.38. The third kappa shape index (κ3) is 3.83. The normalized spacial score (nSPS) is 12.4. The van der Waals surface area contributed by atoms with Crippen LogP contribution in [0, 0.1) is 0 Å². The van der Waals surface area contributed by atoms with Crippen LogP contribution in [0.3, 0.4) is 0 Å². The average Bonchev–Trinajstić information content (AvgIpc) is 2.37. The number of benzene rings is 2. The number of halogens is 3. The van der Waals surface area contributed by atoms with Crippen LogP contribution in [0.15, 0.2) is 53.4 Å². The van der Waals surface area contributed by atoms with Gasteiger partial charge in [0.2, 0.25) is 10.0 Å². The maximum absolute atomic E-state index is 12.7. The van der Waals surface area contributed by atoms with Crippen molar-refractivity contribution >= 4 is 10.0 Å². The second kappa shape index (κ2) is 5.50. The molecule has 3 nitrogen and oxygen atoms in total. The molecular formula is C14H12F3NO2S. The van der Waals surface area contributed by atoms with Crippen molar-refractivity contribution in [3.63, 3.8) is 0 Å². The van der Waals surface area contributed by atoms with Gasteiger partial charge in [-0.25, -0.2) is 13.6 Å². The van der Waals surface area contributed by atoms with Crippen molar-refractivity contribution in [2.45, 2.75) is 17.5 Å². The zero-order valence-electron chi connectivity index (χ0n) is 10.8. The van der Waals surface area contributed by atoms with Gasteiger partial charge >= 0.3 is 6.18 Å². The molecule has 2 aromatic carbocycles. The van der Waals surface area contributed by atoms with Crippen molar-refractivity contribution in [2.24, 2.45) is 5.14 Å². The van der Waals surface area contributed by atoms with Crippen molar-refractivity contribution in [2.75, 3.05) is 0 Å². The fourth-order valence-corrected chi connectivity index (χ4v) is 2.78. The zero-order chi connectivity index (χ0) is 15.7. The first-order chi connectivity index (χ1) is 9.68. The van der Waals surface area contributed by atoms with E-state index in [0.29, 0.717) is 11.1 Å². The highest BCUT2D eigenvalue weighted by Crippen LogP contribution is 2.30. The Balaban J connectivity index is 2.40. The van der Waals surface area contributed by atoms with Crippen LogP contribution in [-0.4, -0.2) is 8.42 Å². The van der Waals surface area contributed by atoms with Gasteiger partial charge in [-0.1, -0.05) is 36.4 Å². The summed E-state index contributed by atoms with van der Waals surface area (Å²) in [5.41, 5.74) is -0.0478. The van der Waals surface area contributed by atoms with Crippen molar-refractivity contribution in [1.82, 2.24) is 0 Å². The Labute approximate surface area is 120 Å². The predicted molar refractivity (Wildman–Crippen MR) is 72.1 cm³/mol.